The van der Waals surface area contributed by atoms with Crippen LogP contribution >= 0.6 is 11.8 Å². The second kappa shape index (κ2) is 9.51. The van der Waals surface area contributed by atoms with Gasteiger partial charge in [-0.2, -0.15) is 0 Å². The maximum absolute atomic E-state index is 12.9. The van der Waals surface area contributed by atoms with Gasteiger partial charge in [0.1, 0.15) is 0 Å². The predicted octanol–water partition coefficient (Wildman–Crippen LogP) is 3.76. The molecule has 0 saturated carbocycles. The zero-order chi connectivity index (χ0) is 20.9. The Balaban J connectivity index is 1.75. The standard InChI is InChI=1S/C20H25N5O2S2/c1-15(2)25-20(21-23-24-25)28-14-13-19(17-7-5-4-6-8-17)22-29(26,27)18-11-9-16(3)10-12-18/h4-12,15,19,22H,13-14H2,1-3H3. The summed E-state index contributed by atoms with van der Waals surface area (Å²) in [5.41, 5.74) is 1.94. The van der Waals surface area contributed by atoms with Crippen LogP contribution in [0.1, 0.15) is 43.5 Å². The Kier molecular flexibility index (Phi) is 7.05. The van der Waals surface area contributed by atoms with E-state index >= 15 is 0 Å². The SMILES string of the molecule is Cc1ccc(S(=O)(=O)NC(CCSc2nnnn2C(C)C)c2ccccc2)cc1. The molecule has 0 spiro atoms. The molecule has 1 heterocycles. The fourth-order valence-electron chi connectivity index (χ4n) is 2.82. The van der Waals surface area contributed by atoms with Crippen molar-refractivity contribution in [3.8, 4) is 0 Å². The van der Waals surface area contributed by atoms with E-state index in [2.05, 4.69) is 20.2 Å². The van der Waals surface area contributed by atoms with Crippen LogP contribution in [0.25, 0.3) is 0 Å². The van der Waals surface area contributed by atoms with Crippen LogP contribution in [0.4, 0.5) is 0 Å². The quantitative estimate of drug-likeness (QED) is 0.519. The lowest BCUT2D eigenvalue weighted by atomic mass is 10.1. The van der Waals surface area contributed by atoms with Gasteiger partial charge in [0.05, 0.1) is 10.9 Å². The van der Waals surface area contributed by atoms with Gasteiger partial charge in [0.2, 0.25) is 15.2 Å². The summed E-state index contributed by atoms with van der Waals surface area (Å²) in [5.74, 6) is 0.670. The number of nitrogens with zero attached hydrogens (tertiary/aromatic N) is 4. The van der Waals surface area contributed by atoms with Crippen molar-refractivity contribution >= 4 is 21.8 Å². The molecule has 0 radical (unpaired) electrons. The Morgan fingerprint density at radius 1 is 1.07 bits per heavy atom. The first kappa shape index (κ1) is 21.5. The highest BCUT2D eigenvalue weighted by molar-refractivity contribution is 7.99. The first-order valence-corrected chi connectivity index (χ1v) is 11.9. The largest absolute Gasteiger partial charge is 0.241 e. The summed E-state index contributed by atoms with van der Waals surface area (Å²) in [6, 6.07) is 16.3. The van der Waals surface area contributed by atoms with E-state index in [9.17, 15) is 8.42 Å². The van der Waals surface area contributed by atoms with Crippen LogP contribution in [-0.2, 0) is 10.0 Å². The molecule has 1 aromatic heterocycles. The molecule has 0 fully saturated rings. The molecule has 0 saturated heterocycles. The molecule has 0 aliphatic heterocycles. The van der Waals surface area contributed by atoms with Gasteiger partial charge in [0.15, 0.2) is 0 Å². The second-order valence-corrected chi connectivity index (χ2v) is 9.81. The first-order chi connectivity index (χ1) is 13.9. The molecule has 0 aliphatic rings. The monoisotopic (exact) mass is 431 g/mol. The van der Waals surface area contributed by atoms with Crippen molar-refractivity contribution in [1.82, 2.24) is 24.9 Å². The summed E-state index contributed by atoms with van der Waals surface area (Å²) < 4.78 is 30.4. The van der Waals surface area contributed by atoms with Crippen LogP contribution in [-0.4, -0.2) is 34.4 Å². The molecule has 0 amide bonds. The molecule has 7 nitrogen and oxygen atoms in total. The first-order valence-electron chi connectivity index (χ1n) is 9.41. The second-order valence-electron chi connectivity index (χ2n) is 7.03. The average molecular weight is 432 g/mol. The molecule has 3 aromatic rings. The van der Waals surface area contributed by atoms with Gasteiger partial charge in [-0.15, -0.1) is 5.10 Å². The zero-order valence-electron chi connectivity index (χ0n) is 16.7. The Morgan fingerprint density at radius 3 is 2.41 bits per heavy atom. The van der Waals surface area contributed by atoms with Crippen LogP contribution in [0, 0.1) is 6.92 Å². The minimum Gasteiger partial charge on any atom is -0.218 e. The lowest BCUT2D eigenvalue weighted by Crippen LogP contribution is -2.29. The average Bonchev–Trinajstić information content (AvgIpc) is 3.17. The minimum absolute atomic E-state index is 0.164. The van der Waals surface area contributed by atoms with E-state index in [1.807, 2.05) is 51.1 Å². The zero-order valence-corrected chi connectivity index (χ0v) is 18.3. The van der Waals surface area contributed by atoms with Crippen molar-refractivity contribution in [1.29, 1.82) is 0 Å². The fraction of sp³-hybridized carbons (Fsp3) is 0.350. The lowest BCUT2D eigenvalue weighted by molar-refractivity contribution is 0.477. The van der Waals surface area contributed by atoms with Crippen LogP contribution in [0.3, 0.4) is 0 Å². The number of sulfonamides is 1. The summed E-state index contributed by atoms with van der Waals surface area (Å²) in [6.07, 6.45) is 0.602. The van der Waals surface area contributed by atoms with Gasteiger partial charge in [-0.3, -0.25) is 0 Å². The summed E-state index contributed by atoms with van der Waals surface area (Å²) in [5, 5.41) is 12.5. The van der Waals surface area contributed by atoms with Gasteiger partial charge in [-0.1, -0.05) is 59.8 Å². The maximum atomic E-state index is 12.9. The summed E-state index contributed by atoms with van der Waals surface area (Å²) >= 11 is 1.52. The Morgan fingerprint density at radius 2 is 1.76 bits per heavy atom. The number of nitrogens with one attached hydrogen (secondary N) is 1. The molecule has 29 heavy (non-hydrogen) atoms. The molecule has 1 unspecified atom stereocenters. The van der Waals surface area contributed by atoms with E-state index in [0.29, 0.717) is 12.2 Å². The van der Waals surface area contributed by atoms with E-state index in [4.69, 9.17) is 0 Å². The molecule has 1 N–H and O–H groups in total. The molecule has 0 aliphatic carbocycles. The lowest BCUT2D eigenvalue weighted by Gasteiger charge is -2.19. The molecule has 2 aromatic carbocycles. The van der Waals surface area contributed by atoms with Crippen LogP contribution in [0.2, 0.25) is 0 Å². The Bertz CT molecular complexity index is 1020. The number of aryl methyl sites for hydroxylation is 1. The molecule has 1 atom stereocenters. The number of aromatic nitrogens is 4. The topological polar surface area (TPSA) is 89.8 Å². The van der Waals surface area contributed by atoms with E-state index in [-0.39, 0.29) is 17.0 Å². The molecule has 0 bridgehead atoms. The number of tetrazole rings is 1. The summed E-state index contributed by atoms with van der Waals surface area (Å²) in [4.78, 5) is 0.264. The highest BCUT2D eigenvalue weighted by atomic mass is 32.2. The molecular weight excluding hydrogens is 406 g/mol. The van der Waals surface area contributed by atoms with E-state index < -0.39 is 10.0 Å². The van der Waals surface area contributed by atoms with Crippen molar-refractivity contribution in [3.63, 3.8) is 0 Å². The van der Waals surface area contributed by atoms with Crippen molar-refractivity contribution in [3.05, 3.63) is 65.7 Å². The van der Waals surface area contributed by atoms with E-state index in [1.165, 1.54) is 11.8 Å². The minimum atomic E-state index is -3.64. The van der Waals surface area contributed by atoms with Gasteiger partial charge < -0.3 is 0 Å². The van der Waals surface area contributed by atoms with Gasteiger partial charge >= 0.3 is 0 Å². The van der Waals surface area contributed by atoms with Crippen LogP contribution < -0.4 is 4.72 Å². The number of thioether (sulfide) groups is 1. The Hall–Kier alpha value is -2.23. The highest BCUT2D eigenvalue weighted by Crippen LogP contribution is 2.25. The summed E-state index contributed by atoms with van der Waals surface area (Å²) in [6.45, 7) is 5.96. The molecule has 3 rings (SSSR count). The number of rotatable bonds is 9. The maximum Gasteiger partial charge on any atom is 0.241 e. The van der Waals surface area contributed by atoms with E-state index in [1.54, 1.807) is 28.9 Å². The highest BCUT2D eigenvalue weighted by Gasteiger charge is 2.22. The van der Waals surface area contributed by atoms with Crippen LogP contribution in [0.5, 0.6) is 0 Å². The van der Waals surface area contributed by atoms with Crippen molar-refractivity contribution < 1.29 is 8.42 Å². The fourth-order valence-corrected chi connectivity index (χ4v) is 5.09. The van der Waals surface area contributed by atoms with Crippen LogP contribution in [0.15, 0.2) is 64.6 Å². The number of hydrogen-bond donors (Lipinski definition) is 1. The van der Waals surface area contributed by atoms with Crippen molar-refractivity contribution in [2.75, 3.05) is 5.75 Å². The molecule has 154 valence electrons. The van der Waals surface area contributed by atoms with Gasteiger partial charge in [-0.25, -0.2) is 17.8 Å². The predicted molar refractivity (Wildman–Crippen MR) is 114 cm³/mol. The van der Waals surface area contributed by atoms with Crippen molar-refractivity contribution in [2.24, 2.45) is 0 Å². The third-order valence-corrected chi connectivity index (χ3v) is 6.87. The third-order valence-electron chi connectivity index (χ3n) is 4.42. The third kappa shape index (κ3) is 5.65. The number of hydrogen-bond acceptors (Lipinski definition) is 6. The van der Waals surface area contributed by atoms with Gasteiger partial charge in [0, 0.05) is 11.8 Å². The number of benzene rings is 2. The summed E-state index contributed by atoms with van der Waals surface area (Å²) in [7, 11) is -3.64. The normalized spacial score (nSPS) is 13.0. The van der Waals surface area contributed by atoms with Crippen molar-refractivity contribution in [2.45, 2.75) is 49.3 Å². The van der Waals surface area contributed by atoms with Gasteiger partial charge in [0.25, 0.3) is 0 Å². The smallest absolute Gasteiger partial charge is 0.218 e. The Labute approximate surface area is 176 Å². The van der Waals surface area contributed by atoms with E-state index in [0.717, 1.165) is 16.3 Å². The molecular formula is C20H25N5O2S2. The van der Waals surface area contributed by atoms with Gasteiger partial charge in [-0.05, 0) is 55.3 Å². The molecule has 9 heteroatoms.